The highest BCUT2D eigenvalue weighted by Gasteiger charge is 2.32. The van der Waals surface area contributed by atoms with Crippen LogP contribution >= 0.6 is 11.6 Å². The number of carbonyl (C=O) groups excluding carboxylic acids is 2. The van der Waals surface area contributed by atoms with E-state index < -0.39 is 11.9 Å². The number of H-pyrrole nitrogens is 1. The van der Waals surface area contributed by atoms with Crippen molar-refractivity contribution < 1.29 is 9.59 Å². The molecule has 1 aliphatic heterocycles. The van der Waals surface area contributed by atoms with Crippen molar-refractivity contribution >= 4 is 34.3 Å². The minimum atomic E-state index is -0.440. The molecule has 0 unspecified atom stereocenters. The van der Waals surface area contributed by atoms with Gasteiger partial charge in [-0.05, 0) is 43.0 Å². The number of aromatic nitrogens is 1. The van der Waals surface area contributed by atoms with Crippen LogP contribution in [0.2, 0.25) is 5.02 Å². The molecule has 22 heavy (non-hydrogen) atoms. The molecule has 1 aliphatic rings. The first-order valence-corrected chi connectivity index (χ1v) is 7.78. The average Bonchev–Trinajstić information content (AvgIpc) is 3.11. The molecule has 0 radical (unpaired) electrons. The number of carbonyl (C=O) groups is 2. The van der Waals surface area contributed by atoms with Crippen LogP contribution in [0.5, 0.6) is 0 Å². The van der Waals surface area contributed by atoms with Gasteiger partial charge in [0.2, 0.25) is 11.8 Å². The number of nitrogens with zero attached hydrogens (tertiary/aromatic N) is 1. The predicted octanol–water partition coefficient (Wildman–Crippen LogP) is 2.23. The third kappa shape index (κ3) is 2.81. The Balaban J connectivity index is 1.70. The van der Waals surface area contributed by atoms with Gasteiger partial charge in [0.05, 0.1) is 0 Å². The van der Waals surface area contributed by atoms with Crippen LogP contribution in [-0.4, -0.2) is 34.3 Å². The quantitative estimate of drug-likeness (QED) is 0.906. The summed E-state index contributed by atoms with van der Waals surface area (Å²) in [4.78, 5) is 28.5. The van der Waals surface area contributed by atoms with E-state index in [4.69, 9.17) is 17.3 Å². The summed E-state index contributed by atoms with van der Waals surface area (Å²) in [5, 5.41) is 1.71. The molecule has 1 fully saturated rings. The van der Waals surface area contributed by atoms with Crippen molar-refractivity contribution in [3.63, 3.8) is 0 Å². The van der Waals surface area contributed by atoms with Crippen molar-refractivity contribution in [2.75, 3.05) is 6.54 Å². The number of hydrogen-bond acceptors (Lipinski definition) is 2. The molecule has 6 heteroatoms. The van der Waals surface area contributed by atoms with Gasteiger partial charge in [-0.3, -0.25) is 9.59 Å². The highest BCUT2D eigenvalue weighted by Crippen LogP contribution is 2.24. The molecule has 2 amide bonds. The van der Waals surface area contributed by atoms with Crippen LogP contribution in [0.15, 0.2) is 24.4 Å². The zero-order chi connectivity index (χ0) is 15.7. The molecule has 0 bridgehead atoms. The van der Waals surface area contributed by atoms with E-state index in [9.17, 15) is 9.59 Å². The predicted molar refractivity (Wildman–Crippen MR) is 85.6 cm³/mol. The Morgan fingerprint density at radius 1 is 1.41 bits per heavy atom. The smallest absolute Gasteiger partial charge is 0.240 e. The maximum atomic E-state index is 12.3. The molecule has 3 N–H and O–H groups in total. The topological polar surface area (TPSA) is 79.2 Å². The number of nitrogens with two attached hydrogens (primary N) is 1. The summed E-state index contributed by atoms with van der Waals surface area (Å²) in [7, 11) is 0. The van der Waals surface area contributed by atoms with Crippen molar-refractivity contribution in [2.24, 2.45) is 5.73 Å². The van der Waals surface area contributed by atoms with Crippen LogP contribution in [0.4, 0.5) is 0 Å². The van der Waals surface area contributed by atoms with Crippen molar-refractivity contribution in [3.05, 3.63) is 35.0 Å². The van der Waals surface area contributed by atoms with E-state index in [-0.39, 0.29) is 5.91 Å². The van der Waals surface area contributed by atoms with Gasteiger partial charge in [0.25, 0.3) is 0 Å². The van der Waals surface area contributed by atoms with Crippen molar-refractivity contribution in [1.29, 1.82) is 0 Å². The Kier molecular flexibility index (Phi) is 4.07. The lowest BCUT2D eigenvalue weighted by atomic mass is 10.1. The molecule has 1 saturated heterocycles. The Morgan fingerprint density at radius 2 is 2.23 bits per heavy atom. The summed E-state index contributed by atoms with van der Waals surface area (Å²) >= 11 is 6.03. The van der Waals surface area contributed by atoms with Gasteiger partial charge < -0.3 is 15.6 Å². The molecule has 116 valence electrons. The first-order valence-electron chi connectivity index (χ1n) is 7.40. The normalized spacial score (nSPS) is 18.0. The summed E-state index contributed by atoms with van der Waals surface area (Å²) in [5.74, 6) is -0.428. The van der Waals surface area contributed by atoms with Gasteiger partial charge in [0.1, 0.15) is 6.04 Å². The van der Waals surface area contributed by atoms with Gasteiger partial charge in [-0.2, -0.15) is 0 Å². The van der Waals surface area contributed by atoms with Crippen LogP contribution < -0.4 is 5.73 Å². The molecule has 0 aliphatic carbocycles. The molecule has 1 atom stereocenters. The fourth-order valence-corrected chi connectivity index (χ4v) is 3.28. The van der Waals surface area contributed by atoms with E-state index in [2.05, 4.69) is 4.98 Å². The third-order valence-corrected chi connectivity index (χ3v) is 4.47. The van der Waals surface area contributed by atoms with E-state index in [0.717, 1.165) is 22.9 Å². The number of aryl methyl sites for hydroxylation is 1. The van der Waals surface area contributed by atoms with Crippen LogP contribution in [-0.2, 0) is 16.0 Å². The number of fused-ring (bicyclic) bond motifs is 1. The Bertz CT molecular complexity index is 725. The number of halogens is 1. The summed E-state index contributed by atoms with van der Waals surface area (Å²) in [6, 6.07) is 5.21. The number of aromatic amines is 1. The average molecular weight is 320 g/mol. The number of likely N-dealkylation sites (tertiary alicyclic amines) is 1. The second-order valence-corrected chi connectivity index (χ2v) is 6.09. The standard InChI is InChI=1S/C16H18ClN3O2/c17-11-4-5-13-12(8-11)10(9-19-13)3-6-15(21)20-7-1-2-14(20)16(18)22/h4-5,8-9,14,19H,1-3,6-7H2,(H2,18,22)/t14-/m0/s1. The first kappa shape index (κ1) is 14.9. The lowest BCUT2D eigenvalue weighted by molar-refractivity contribution is -0.137. The zero-order valence-electron chi connectivity index (χ0n) is 12.1. The van der Waals surface area contributed by atoms with Gasteiger partial charge in [0, 0.05) is 35.1 Å². The second kappa shape index (κ2) is 6.01. The van der Waals surface area contributed by atoms with E-state index >= 15 is 0 Å². The van der Waals surface area contributed by atoms with Crippen LogP contribution in [0.1, 0.15) is 24.8 Å². The minimum Gasteiger partial charge on any atom is -0.368 e. The van der Waals surface area contributed by atoms with E-state index in [1.54, 1.807) is 4.90 Å². The molecule has 0 spiro atoms. The van der Waals surface area contributed by atoms with E-state index in [0.29, 0.717) is 30.8 Å². The molecule has 1 aromatic carbocycles. The molecule has 1 aromatic heterocycles. The fraction of sp³-hybridized carbons (Fsp3) is 0.375. The Hall–Kier alpha value is -2.01. The van der Waals surface area contributed by atoms with Gasteiger partial charge in [0.15, 0.2) is 0 Å². The largest absolute Gasteiger partial charge is 0.368 e. The number of primary amides is 1. The number of hydrogen-bond donors (Lipinski definition) is 2. The summed E-state index contributed by atoms with van der Waals surface area (Å²) in [6.07, 6.45) is 4.39. The molecule has 2 aromatic rings. The summed E-state index contributed by atoms with van der Waals surface area (Å²) in [6.45, 7) is 0.617. The van der Waals surface area contributed by atoms with Gasteiger partial charge >= 0.3 is 0 Å². The number of benzene rings is 1. The van der Waals surface area contributed by atoms with Crippen LogP contribution in [0, 0.1) is 0 Å². The fourth-order valence-electron chi connectivity index (χ4n) is 3.10. The second-order valence-electron chi connectivity index (χ2n) is 5.65. The minimum absolute atomic E-state index is 0.0160. The highest BCUT2D eigenvalue weighted by atomic mass is 35.5. The highest BCUT2D eigenvalue weighted by molar-refractivity contribution is 6.31. The van der Waals surface area contributed by atoms with Crippen molar-refractivity contribution in [1.82, 2.24) is 9.88 Å². The number of rotatable bonds is 4. The summed E-state index contributed by atoms with van der Waals surface area (Å²) in [5.41, 5.74) is 7.41. The maximum absolute atomic E-state index is 12.3. The first-order chi connectivity index (χ1) is 10.6. The molecule has 2 heterocycles. The molecule has 5 nitrogen and oxygen atoms in total. The van der Waals surface area contributed by atoms with Crippen LogP contribution in [0.3, 0.4) is 0 Å². The molecular weight excluding hydrogens is 302 g/mol. The number of nitrogens with one attached hydrogen (secondary N) is 1. The van der Waals surface area contributed by atoms with Crippen LogP contribution in [0.25, 0.3) is 10.9 Å². The maximum Gasteiger partial charge on any atom is 0.240 e. The molecule has 3 rings (SSSR count). The third-order valence-electron chi connectivity index (χ3n) is 4.24. The molecular formula is C16H18ClN3O2. The molecule has 0 saturated carbocycles. The van der Waals surface area contributed by atoms with Gasteiger partial charge in [-0.15, -0.1) is 0 Å². The lowest BCUT2D eigenvalue weighted by Gasteiger charge is -2.22. The summed E-state index contributed by atoms with van der Waals surface area (Å²) < 4.78 is 0. The Morgan fingerprint density at radius 3 is 3.00 bits per heavy atom. The number of amides is 2. The Labute approximate surface area is 133 Å². The zero-order valence-corrected chi connectivity index (χ0v) is 12.9. The van der Waals surface area contributed by atoms with Crippen molar-refractivity contribution in [3.8, 4) is 0 Å². The van der Waals surface area contributed by atoms with Crippen molar-refractivity contribution in [2.45, 2.75) is 31.7 Å². The van der Waals surface area contributed by atoms with Gasteiger partial charge in [-0.25, -0.2) is 0 Å². The lowest BCUT2D eigenvalue weighted by Crippen LogP contribution is -2.43. The monoisotopic (exact) mass is 319 g/mol. The van der Waals surface area contributed by atoms with E-state index in [1.165, 1.54) is 0 Å². The SMILES string of the molecule is NC(=O)[C@@H]1CCCN1C(=O)CCc1c[nH]c2ccc(Cl)cc12. The van der Waals surface area contributed by atoms with E-state index in [1.807, 2.05) is 24.4 Å². The van der Waals surface area contributed by atoms with Gasteiger partial charge in [-0.1, -0.05) is 11.6 Å².